The maximum absolute atomic E-state index is 5.22. The number of hydrogen-bond acceptors (Lipinski definition) is 5. The Labute approximate surface area is 99.3 Å². The summed E-state index contributed by atoms with van der Waals surface area (Å²) in [5, 5.41) is 3.96. The average molecular weight is 233 g/mol. The van der Waals surface area contributed by atoms with E-state index in [1.54, 1.807) is 10.9 Å². The molecule has 6 nitrogen and oxygen atoms in total. The summed E-state index contributed by atoms with van der Waals surface area (Å²) in [7, 11) is 2.00. The standard InChI is InChI=1S/C11H15N5O/c1-3-15(2)9-6-16(7-12-9)11-13-10(17-14-11)8-4-5-8/h6-8H,3-5H2,1-2H3. The van der Waals surface area contributed by atoms with Crippen LogP contribution >= 0.6 is 0 Å². The molecule has 0 radical (unpaired) electrons. The summed E-state index contributed by atoms with van der Waals surface area (Å²) >= 11 is 0. The van der Waals surface area contributed by atoms with Crippen LogP contribution in [0.4, 0.5) is 5.82 Å². The molecule has 1 aliphatic rings. The van der Waals surface area contributed by atoms with Crippen LogP contribution in [-0.2, 0) is 0 Å². The van der Waals surface area contributed by atoms with E-state index >= 15 is 0 Å². The molecule has 3 rings (SSSR count). The van der Waals surface area contributed by atoms with E-state index < -0.39 is 0 Å². The molecule has 0 saturated heterocycles. The van der Waals surface area contributed by atoms with Crippen molar-refractivity contribution in [2.24, 2.45) is 0 Å². The van der Waals surface area contributed by atoms with Crippen molar-refractivity contribution >= 4 is 5.82 Å². The fourth-order valence-corrected chi connectivity index (χ4v) is 1.61. The molecule has 2 aromatic heterocycles. The van der Waals surface area contributed by atoms with Crippen LogP contribution in [0, 0.1) is 0 Å². The molecule has 1 aliphatic carbocycles. The molecule has 0 spiro atoms. The zero-order chi connectivity index (χ0) is 11.8. The van der Waals surface area contributed by atoms with E-state index in [0.29, 0.717) is 11.9 Å². The van der Waals surface area contributed by atoms with Crippen molar-refractivity contribution in [3.63, 3.8) is 0 Å². The van der Waals surface area contributed by atoms with Crippen molar-refractivity contribution in [1.29, 1.82) is 0 Å². The van der Waals surface area contributed by atoms with Crippen molar-refractivity contribution in [3.05, 3.63) is 18.4 Å². The highest BCUT2D eigenvalue weighted by Crippen LogP contribution is 2.39. The number of rotatable bonds is 4. The van der Waals surface area contributed by atoms with Gasteiger partial charge in [-0.15, -0.1) is 0 Å². The van der Waals surface area contributed by atoms with E-state index in [9.17, 15) is 0 Å². The Balaban J connectivity index is 1.84. The Hall–Kier alpha value is -1.85. The molecule has 6 heteroatoms. The molecule has 0 unspecified atom stereocenters. The zero-order valence-corrected chi connectivity index (χ0v) is 10.00. The van der Waals surface area contributed by atoms with Crippen LogP contribution in [0.15, 0.2) is 17.0 Å². The van der Waals surface area contributed by atoms with Gasteiger partial charge >= 0.3 is 0 Å². The highest BCUT2D eigenvalue weighted by molar-refractivity contribution is 5.36. The summed E-state index contributed by atoms with van der Waals surface area (Å²) in [4.78, 5) is 10.7. The Morgan fingerprint density at radius 3 is 3.06 bits per heavy atom. The maximum atomic E-state index is 5.22. The molecular weight excluding hydrogens is 218 g/mol. The van der Waals surface area contributed by atoms with Gasteiger partial charge in [0.2, 0.25) is 5.89 Å². The molecule has 90 valence electrons. The van der Waals surface area contributed by atoms with Crippen LogP contribution in [0.2, 0.25) is 0 Å². The van der Waals surface area contributed by atoms with Crippen LogP contribution in [0.3, 0.4) is 0 Å². The van der Waals surface area contributed by atoms with Crippen LogP contribution in [0.25, 0.3) is 5.95 Å². The minimum absolute atomic E-state index is 0.484. The van der Waals surface area contributed by atoms with Crippen molar-refractivity contribution in [1.82, 2.24) is 19.7 Å². The van der Waals surface area contributed by atoms with Gasteiger partial charge in [0, 0.05) is 19.5 Å². The van der Waals surface area contributed by atoms with Gasteiger partial charge in [0.1, 0.15) is 12.1 Å². The molecule has 0 bridgehead atoms. The summed E-state index contributed by atoms with van der Waals surface area (Å²) in [6, 6.07) is 0. The lowest BCUT2D eigenvalue weighted by Gasteiger charge is -2.11. The first-order valence-corrected chi connectivity index (χ1v) is 5.87. The lowest BCUT2D eigenvalue weighted by atomic mass is 10.4. The van der Waals surface area contributed by atoms with Gasteiger partial charge in [-0.1, -0.05) is 0 Å². The molecule has 0 amide bonds. The lowest BCUT2D eigenvalue weighted by molar-refractivity contribution is 0.377. The van der Waals surface area contributed by atoms with Crippen LogP contribution in [0.5, 0.6) is 0 Å². The number of nitrogens with zero attached hydrogens (tertiary/aromatic N) is 5. The van der Waals surface area contributed by atoms with Crippen molar-refractivity contribution in [2.75, 3.05) is 18.5 Å². The highest BCUT2D eigenvalue weighted by Gasteiger charge is 2.29. The zero-order valence-electron chi connectivity index (χ0n) is 10.00. The molecule has 0 atom stereocenters. The minimum atomic E-state index is 0.484. The molecule has 2 heterocycles. The summed E-state index contributed by atoms with van der Waals surface area (Å²) in [6.07, 6.45) is 5.94. The van der Waals surface area contributed by atoms with E-state index in [2.05, 4.69) is 26.9 Å². The van der Waals surface area contributed by atoms with E-state index in [-0.39, 0.29) is 0 Å². The van der Waals surface area contributed by atoms with E-state index in [1.807, 2.05) is 13.2 Å². The molecule has 0 aliphatic heterocycles. The maximum Gasteiger partial charge on any atom is 0.275 e. The number of anilines is 1. The summed E-state index contributed by atoms with van der Waals surface area (Å²) in [6.45, 7) is 3.00. The third-order valence-electron chi connectivity index (χ3n) is 3.02. The first-order valence-electron chi connectivity index (χ1n) is 5.87. The van der Waals surface area contributed by atoms with Crippen molar-refractivity contribution < 1.29 is 4.52 Å². The highest BCUT2D eigenvalue weighted by atomic mass is 16.5. The fraction of sp³-hybridized carbons (Fsp3) is 0.545. The Morgan fingerprint density at radius 1 is 1.53 bits per heavy atom. The molecule has 2 aromatic rings. The predicted octanol–water partition coefficient (Wildman–Crippen LogP) is 1.59. The molecule has 1 fully saturated rings. The van der Waals surface area contributed by atoms with E-state index in [0.717, 1.165) is 31.1 Å². The van der Waals surface area contributed by atoms with Crippen LogP contribution < -0.4 is 4.90 Å². The molecule has 0 N–H and O–H groups in total. The topological polar surface area (TPSA) is 60.0 Å². The smallest absolute Gasteiger partial charge is 0.275 e. The van der Waals surface area contributed by atoms with E-state index in [1.165, 1.54) is 0 Å². The monoisotopic (exact) mass is 233 g/mol. The van der Waals surface area contributed by atoms with Gasteiger partial charge in [0.25, 0.3) is 5.95 Å². The average Bonchev–Trinajstić information content (AvgIpc) is 2.91. The van der Waals surface area contributed by atoms with Crippen LogP contribution in [-0.4, -0.2) is 33.3 Å². The minimum Gasteiger partial charge on any atom is -0.359 e. The third-order valence-corrected chi connectivity index (χ3v) is 3.02. The van der Waals surface area contributed by atoms with Crippen molar-refractivity contribution in [2.45, 2.75) is 25.7 Å². The second-order valence-corrected chi connectivity index (χ2v) is 4.36. The van der Waals surface area contributed by atoms with Gasteiger partial charge in [0.15, 0.2) is 0 Å². The Morgan fingerprint density at radius 2 is 2.35 bits per heavy atom. The van der Waals surface area contributed by atoms with Gasteiger partial charge in [-0.25, -0.2) is 4.98 Å². The number of aromatic nitrogens is 4. The molecule has 0 aromatic carbocycles. The summed E-state index contributed by atoms with van der Waals surface area (Å²) in [5.41, 5.74) is 0. The largest absolute Gasteiger partial charge is 0.359 e. The summed E-state index contributed by atoms with van der Waals surface area (Å²) < 4.78 is 7.00. The molecule has 17 heavy (non-hydrogen) atoms. The Bertz CT molecular complexity index is 513. The lowest BCUT2D eigenvalue weighted by Crippen LogP contribution is -2.15. The quantitative estimate of drug-likeness (QED) is 0.802. The van der Waals surface area contributed by atoms with Gasteiger partial charge in [0.05, 0.1) is 6.20 Å². The van der Waals surface area contributed by atoms with E-state index in [4.69, 9.17) is 4.52 Å². The molecule has 1 saturated carbocycles. The normalized spacial score (nSPS) is 15.2. The predicted molar refractivity (Wildman–Crippen MR) is 62.3 cm³/mol. The first kappa shape index (κ1) is 10.3. The van der Waals surface area contributed by atoms with Gasteiger partial charge < -0.3 is 9.42 Å². The fourth-order valence-electron chi connectivity index (χ4n) is 1.61. The Kier molecular flexibility index (Phi) is 2.35. The van der Waals surface area contributed by atoms with Crippen molar-refractivity contribution in [3.8, 4) is 5.95 Å². The first-order chi connectivity index (χ1) is 8.28. The van der Waals surface area contributed by atoms with Gasteiger partial charge in [-0.3, -0.25) is 4.57 Å². The number of imidazole rings is 1. The number of hydrogen-bond donors (Lipinski definition) is 0. The van der Waals surface area contributed by atoms with Crippen LogP contribution in [0.1, 0.15) is 31.6 Å². The second-order valence-electron chi connectivity index (χ2n) is 4.36. The SMILES string of the molecule is CCN(C)c1cn(-c2noc(C3CC3)n2)cn1. The summed E-state index contributed by atoms with van der Waals surface area (Å²) in [5.74, 6) is 2.71. The van der Waals surface area contributed by atoms with Gasteiger partial charge in [-0.05, 0) is 24.9 Å². The second kappa shape index (κ2) is 3.87. The third kappa shape index (κ3) is 1.90. The molecular formula is C11H15N5O. The van der Waals surface area contributed by atoms with Gasteiger partial charge in [-0.2, -0.15) is 4.98 Å².